The van der Waals surface area contributed by atoms with Gasteiger partial charge in [-0.2, -0.15) is 0 Å². The summed E-state index contributed by atoms with van der Waals surface area (Å²) >= 11 is 0. The molecule has 0 unspecified atom stereocenters. The average Bonchev–Trinajstić information content (AvgIpc) is 2.54. The maximum Gasteiger partial charge on any atom is 0.234 e. The van der Waals surface area contributed by atoms with E-state index < -0.39 is 0 Å². The third-order valence-corrected chi connectivity index (χ3v) is 3.46. The molecule has 0 aliphatic rings. The van der Waals surface area contributed by atoms with E-state index in [4.69, 9.17) is 10.5 Å². The summed E-state index contributed by atoms with van der Waals surface area (Å²) in [4.78, 5) is 10.9. The number of nitrogens with two attached hydrogens (primary N) is 1. The summed E-state index contributed by atoms with van der Waals surface area (Å²) in [6.45, 7) is 3.01. The molecule has 0 bridgehead atoms. The highest BCUT2D eigenvalue weighted by Crippen LogP contribution is 2.13. The van der Waals surface area contributed by atoms with Gasteiger partial charge in [-0.3, -0.25) is 4.79 Å². The molecule has 0 aliphatic heterocycles. The summed E-state index contributed by atoms with van der Waals surface area (Å²) in [7, 11) is 0. The Morgan fingerprint density at radius 3 is 2.41 bits per heavy atom. The number of amides is 1. The molecular formula is C18H22N2O2. The third-order valence-electron chi connectivity index (χ3n) is 3.46. The zero-order valence-corrected chi connectivity index (χ0v) is 12.8. The molecule has 1 atom stereocenters. The average molecular weight is 298 g/mol. The normalized spacial score (nSPS) is 11.9. The van der Waals surface area contributed by atoms with Crippen LogP contribution in [0, 0.1) is 0 Å². The first-order valence-electron chi connectivity index (χ1n) is 7.43. The Morgan fingerprint density at radius 1 is 1.09 bits per heavy atom. The standard InChI is InChI=1S/C18H22N2O2/c1-14(18(19)21)20-13-16-7-9-17(10-8-16)22-12-11-15-5-3-2-4-6-15/h2-10,14,20H,11-13H2,1H3,(H2,19,21)/t14-/m1/s1. The molecule has 2 aromatic carbocycles. The van der Waals surface area contributed by atoms with E-state index in [0.29, 0.717) is 13.2 Å². The summed E-state index contributed by atoms with van der Waals surface area (Å²) in [6.07, 6.45) is 0.889. The van der Waals surface area contributed by atoms with Crippen molar-refractivity contribution in [3.05, 3.63) is 65.7 Å². The molecule has 0 radical (unpaired) electrons. The van der Waals surface area contributed by atoms with Crippen LogP contribution in [0.1, 0.15) is 18.1 Å². The lowest BCUT2D eigenvalue weighted by Crippen LogP contribution is -2.38. The molecular weight excluding hydrogens is 276 g/mol. The molecule has 0 heterocycles. The van der Waals surface area contributed by atoms with E-state index >= 15 is 0 Å². The summed E-state index contributed by atoms with van der Waals surface area (Å²) in [5, 5.41) is 3.07. The van der Waals surface area contributed by atoms with Crippen LogP contribution in [0.4, 0.5) is 0 Å². The number of benzene rings is 2. The van der Waals surface area contributed by atoms with Crippen molar-refractivity contribution in [1.29, 1.82) is 0 Å². The van der Waals surface area contributed by atoms with E-state index in [0.717, 1.165) is 17.7 Å². The lowest BCUT2D eigenvalue weighted by molar-refractivity contribution is -0.119. The Balaban J connectivity index is 1.76. The van der Waals surface area contributed by atoms with Gasteiger partial charge in [0.25, 0.3) is 0 Å². The number of carbonyl (C=O) groups excluding carboxylic acids is 1. The molecule has 0 aliphatic carbocycles. The smallest absolute Gasteiger partial charge is 0.234 e. The van der Waals surface area contributed by atoms with Crippen molar-refractivity contribution in [2.45, 2.75) is 25.9 Å². The molecule has 0 spiro atoms. The van der Waals surface area contributed by atoms with E-state index in [1.165, 1.54) is 5.56 Å². The van der Waals surface area contributed by atoms with Gasteiger partial charge in [0, 0.05) is 13.0 Å². The van der Waals surface area contributed by atoms with Crippen molar-refractivity contribution >= 4 is 5.91 Å². The molecule has 0 saturated carbocycles. The SMILES string of the molecule is C[C@@H](NCc1ccc(OCCc2ccccc2)cc1)C(N)=O. The summed E-state index contributed by atoms with van der Waals surface area (Å²) < 4.78 is 5.73. The van der Waals surface area contributed by atoms with Gasteiger partial charge in [-0.1, -0.05) is 42.5 Å². The molecule has 3 N–H and O–H groups in total. The van der Waals surface area contributed by atoms with E-state index in [1.807, 2.05) is 42.5 Å². The Morgan fingerprint density at radius 2 is 1.77 bits per heavy atom. The fraction of sp³-hybridized carbons (Fsp3) is 0.278. The maximum atomic E-state index is 10.9. The fourth-order valence-electron chi connectivity index (χ4n) is 2.01. The molecule has 2 aromatic rings. The number of hydrogen-bond acceptors (Lipinski definition) is 3. The number of carbonyl (C=O) groups is 1. The lowest BCUT2D eigenvalue weighted by Gasteiger charge is -2.11. The third kappa shape index (κ3) is 5.22. The second-order valence-corrected chi connectivity index (χ2v) is 5.23. The predicted molar refractivity (Wildman–Crippen MR) is 87.6 cm³/mol. The highest BCUT2D eigenvalue weighted by Gasteiger charge is 2.06. The predicted octanol–water partition coefficient (Wildman–Crippen LogP) is 2.27. The Labute approximate surface area is 131 Å². The van der Waals surface area contributed by atoms with Crippen LogP contribution in [0.2, 0.25) is 0 Å². The Kier molecular flexibility index (Phi) is 5.98. The van der Waals surface area contributed by atoms with E-state index in [2.05, 4.69) is 17.4 Å². The van der Waals surface area contributed by atoms with Crippen LogP contribution in [0.25, 0.3) is 0 Å². The topological polar surface area (TPSA) is 64.3 Å². The minimum atomic E-state index is -0.346. The molecule has 4 heteroatoms. The Bertz CT molecular complexity index is 582. The van der Waals surface area contributed by atoms with Gasteiger partial charge in [-0.05, 0) is 30.2 Å². The summed E-state index contributed by atoms with van der Waals surface area (Å²) in [5.41, 5.74) is 7.56. The van der Waals surface area contributed by atoms with Crippen LogP contribution in [0.15, 0.2) is 54.6 Å². The van der Waals surface area contributed by atoms with Crippen LogP contribution in [-0.2, 0) is 17.8 Å². The number of primary amides is 1. The second-order valence-electron chi connectivity index (χ2n) is 5.23. The second kappa shape index (κ2) is 8.20. The van der Waals surface area contributed by atoms with Crippen molar-refractivity contribution in [3.8, 4) is 5.75 Å². The quantitative estimate of drug-likeness (QED) is 0.786. The van der Waals surface area contributed by atoms with E-state index in [1.54, 1.807) is 6.92 Å². The Hall–Kier alpha value is -2.33. The molecule has 2 rings (SSSR count). The number of hydrogen-bond donors (Lipinski definition) is 2. The zero-order valence-electron chi connectivity index (χ0n) is 12.8. The van der Waals surface area contributed by atoms with Crippen LogP contribution < -0.4 is 15.8 Å². The van der Waals surface area contributed by atoms with Crippen molar-refractivity contribution in [2.24, 2.45) is 5.73 Å². The minimum Gasteiger partial charge on any atom is -0.493 e. The van der Waals surface area contributed by atoms with Crippen LogP contribution >= 0.6 is 0 Å². The van der Waals surface area contributed by atoms with Gasteiger partial charge < -0.3 is 15.8 Å². The van der Waals surface area contributed by atoms with Crippen LogP contribution in [0.5, 0.6) is 5.75 Å². The first kappa shape index (κ1) is 16.0. The van der Waals surface area contributed by atoms with Gasteiger partial charge >= 0.3 is 0 Å². The lowest BCUT2D eigenvalue weighted by atomic mass is 10.2. The van der Waals surface area contributed by atoms with Gasteiger partial charge in [0.2, 0.25) is 5.91 Å². The van der Waals surface area contributed by atoms with Crippen molar-refractivity contribution in [1.82, 2.24) is 5.32 Å². The molecule has 0 aromatic heterocycles. The largest absolute Gasteiger partial charge is 0.493 e. The van der Waals surface area contributed by atoms with Gasteiger partial charge in [-0.15, -0.1) is 0 Å². The summed E-state index contributed by atoms with van der Waals surface area (Å²) in [5.74, 6) is 0.503. The molecule has 1 amide bonds. The fourth-order valence-corrected chi connectivity index (χ4v) is 2.01. The van der Waals surface area contributed by atoms with Crippen LogP contribution in [-0.4, -0.2) is 18.6 Å². The van der Waals surface area contributed by atoms with Gasteiger partial charge in [0.05, 0.1) is 12.6 Å². The number of ether oxygens (including phenoxy) is 1. The molecule has 116 valence electrons. The molecule has 0 saturated heterocycles. The molecule has 0 fully saturated rings. The monoisotopic (exact) mass is 298 g/mol. The van der Waals surface area contributed by atoms with Crippen molar-refractivity contribution in [2.75, 3.05) is 6.61 Å². The highest BCUT2D eigenvalue weighted by atomic mass is 16.5. The van der Waals surface area contributed by atoms with Crippen LogP contribution in [0.3, 0.4) is 0 Å². The van der Waals surface area contributed by atoms with Crippen molar-refractivity contribution in [3.63, 3.8) is 0 Å². The number of nitrogens with one attached hydrogen (secondary N) is 1. The highest BCUT2D eigenvalue weighted by molar-refractivity contribution is 5.79. The molecule has 22 heavy (non-hydrogen) atoms. The zero-order chi connectivity index (χ0) is 15.8. The van der Waals surface area contributed by atoms with Gasteiger partial charge in [0.15, 0.2) is 0 Å². The first-order chi connectivity index (χ1) is 10.6. The van der Waals surface area contributed by atoms with Gasteiger partial charge in [0.1, 0.15) is 5.75 Å². The minimum absolute atomic E-state index is 0.332. The molecule has 4 nitrogen and oxygen atoms in total. The van der Waals surface area contributed by atoms with E-state index in [9.17, 15) is 4.79 Å². The first-order valence-corrected chi connectivity index (χ1v) is 7.43. The van der Waals surface area contributed by atoms with Crippen molar-refractivity contribution < 1.29 is 9.53 Å². The maximum absolute atomic E-state index is 10.9. The van der Waals surface area contributed by atoms with Gasteiger partial charge in [-0.25, -0.2) is 0 Å². The summed E-state index contributed by atoms with van der Waals surface area (Å²) in [6, 6.07) is 17.8. The van der Waals surface area contributed by atoms with E-state index in [-0.39, 0.29) is 11.9 Å². The number of rotatable bonds is 8.